The van der Waals surface area contributed by atoms with Crippen LogP contribution in [0.1, 0.15) is 17.5 Å². The van der Waals surface area contributed by atoms with E-state index in [0.717, 1.165) is 75.4 Å². The van der Waals surface area contributed by atoms with Gasteiger partial charge in [0.2, 0.25) is 0 Å². The topological polar surface area (TPSA) is 13.0 Å². The molecule has 4 heteroatoms. The molecule has 0 fully saturated rings. The molecule has 0 aliphatic heterocycles. The van der Waals surface area contributed by atoms with Crippen LogP contribution in [0.15, 0.2) is 273 Å². The summed E-state index contributed by atoms with van der Waals surface area (Å²) >= 11 is 0. The van der Waals surface area contributed by atoms with Crippen LogP contribution >= 0.6 is 0 Å². The van der Waals surface area contributed by atoms with E-state index in [0.29, 0.717) is 0 Å². The lowest BCUT2D eigenvalue weighted by molar-refractivity contribution is 0.984. The van der Waals surface area contributed by atoms with Crippen LogP contribution in [0.2, 0.25) is 0 Å². The second kappa shape index (κ2) is 18.9. The third-order valence-corrected chi connectivity index (χ3v) is 13.4. The van der Waals surface area contributed by atoms with Crippen LogP contribution in [0.3, 0.4) is 0 Å². The summed E-state index contributed by atoms with van der Waals surface area (Å²) in [5.41, 5.74) is 15.8. The van der Waals surface area contributed by atoms with Gasteiger partial charge in [-0.15, -0.1) is 0 Å². The van der Waals surface area contributed by atoms with Crippen LogP contribution in [-0.2, 0) is 6.42 Å². The average molecular weight is 899 g/mol. The van der Waals surface area contributed by atoms with Gasteiger partial charge in [0.1, 0.15) is 0 Å². The molecule has 12 rings (SSSR count). The van der Waals surface area contributed by atoms with Crippen molar-refractivity contribution in [1.29, 1.82) is 0 Å². The Hall–Kier alpha value is -9.12. The Balaban J connectivity index is 0.980. The number of fused-ring (bicyclic) bond motifs is 3. The van der Waals surface area contributed by atoms with Crippen molar-refractivity contribution >= 4 is 95.9 Å². The minimum atomic E-state index is 1.05. The van der Waals surface area contributed by atoms with E-state index in [1.165, 1.54) is 38.4 Å². The maximum Gasteiger partial charge on any atom is 0.0540 e. The third-order valence-electron chi connectivity index (χ3n) is 13.4. The maximum atomic E-state index is 2.39. The van der Waals surface area contributed by atoms with Gasteiger partial charge in [-0.3, -0.25) is 0 Å². The van der Waals surface area contributed by atoms with E-state index in [4.69, 9.17) is 0 Å². The van der Waals surface area contributed by atoms with Crippen LogP contribution in [0.5, 0.6) is 0 Å². The predicted octanol–water partition coefficient (Wildman–Crippen LogP) is 18.8. The normalized spacial score (nSPS) is 11.8. The van der Waals surface area contributed by atoms with E-state index in [1.807, 2.05) is 0 Å². The molecular formula is C66H50N4. The Kier molecular flexibility index (Phi) is 11.4. The molecule has 1 aliphatic rings. The number of hydrogen-bond donors (Lipinski definition) is 0. The Morgan fingerprint density at radius 2 is 0.557 bits per heavy atom. The number of aryl methyl sites for hydroxylation is 1. The number of rotatable bonds is 12. The van der Waals surface area contributed by atoms with Crippen molar-refractivity contribution in [3.8, 4) is 0 Å². The average Bonchev–Trinajstić information content (AvgIpc) is 3.43. The lowest BCUT2D eigenvalue weighted by Gasteiger charge is -2.31. The molecular weight excluding hydrogens is 849 g/mol. The summed E-state index contributed by atoms with van der Waals surface area (Å²) in [6.45, 7) is 0. The van der Waals surface area contributed by atoms with Crippen molar-refractivity contribution in [3.63, 3.8) is 0 Å². The first-order valence-corrected chi connectivity index (χ1v) is 24.1. The fourth-order valence-electron chi connectivity index (χ4n) is 10.2. The summed E-state index contributed by atoms with van der Waals surface area (Å²) in [4.78, 5) is 9.48. The Morgan fingerprint density at radius 1 is 0.243 bits per heavy atom. The zero-order chi connectivity index (χ0) is 46.6. The van der Waals surface area contributed by atoms with Crippen molar-refractivity contribution in [2.24, 2.45) is 0 Å². The second-order valence-electron chi connectivity index (χ2n) is 17.7. The summed E-state index contributed by atoms with van der Waals surface area (Å²) < 4.78 is 0. The largest absolute Gasteiger partial charge is 0.310 e. The molecule has 0 N–H and O–H groups in total. The maximum absolute atomic E-state index is 2.39. The molecule has 1 aliphatic carbocycles. The molecule has 0 spiro atoms. The Bertz CT molecular complexity index is 3410. The van der Waals surface area contributed by atoms with E-state index in [-0.39, 0.29) is 0 Å². The summed E-state index contributed by atoms with van der Waals surface area (Å²) in [6, 6.07) is 96.2. The van der Waals surface area contributed by atoms with Gasteiger partial charge < -0.3 is 19.6 Å². The molecule has 0 unspecified atom stereocenters. The van der Waals surface area contributed by atoms with Crippen molar-refractivity contribution in [2.45, 2.75) is 12.8 Å². The van der Waals surface area contributed by atoms with Crippen molar-refractivity contribution in [1.82, 2.24) is 0 Å². The third kappa shape index (κ3) is 8.12. The highest BCUT2D eigenvalue weighted by molar-refractivity contribution is 6.00. The van der Waals surface area contributed by atoms with E-state index in [2.05, 4.69) is 299 Å². The van der Waals surface area contributed by atoms with Gasteiger partial charge in [-0.05, 0) is 157 Å². The number of hydrogen-bond acceptors (Lipinski definition) is 4. The molecule has 334 valence electrons. The standard InChI is InChI=1S/C66H50N4/c1-4-25-52(26-5-1)68(64-34-16-22-49-19-10-13-31-61(49)64)58-43-37-55(38-44-58)67(56-39-45-59(46-40-56)69(53-27-6-2-7-28-53)65-35-17-23-50-20-11-14-32-62(50)65)57-41-47-60(48-42-57)70(54-29-8-3-9-30-54)66-36-18-24-51-21-12-15-33-63(51)66/h1-11,13-20,22-48H,12,21H2. The molecule has 70 heavy (non-hydrogen) atoms. The highest BCUT2D eigenvalue weighted by Crippen LogP contribution is 2.45. The van der Waals surface area contributed by atoms with Crippen molar-refractivity contribution in [3.05, 3.63) is 284 Å². The molecule has 0 aromatic heterocycles. The highest BCUT2D eigenvalue weighted by Gasteiger charge is 2.22. The first kappa shape index (κ1) is 42.2. The molecule has 0 amide bonds. The fourth-order valence-corrected chi connectivity index (χ4v) is 10.2. The van der Waals surface area contributed by atoms with Gasteiger partial charge in [0.25, 0.3) is 0 Å². The van der Waals surface area contributed by atoms with Gasteiger partial charge in [-0.25, -0.2) is 0 Å². The van der Waals surface area contributed by atoms with Gasteiger partial charge in [-0.2, -0.15) is 0 Å². The van der Waals surface area contributed by atoms with Crippen molar-refractivity contribution in [2.75, 3.05) is 19.6 Å². The van der Waals surface area contributed by atoms with Crippen molar-refractivity contribution < 1.29 is 0 Å². The summed E-state index contributed by atoms with van der Waals surface area (Å²) in [6.07, 6.45) is 6.71. The minimum Gasteiger partial charge on any atom is -0.310 e. The van der Waals surface area contributed by atoms with Crippen LogP contribution in [-0.4, -0.2) is 0 Å². The molecule has 0 bridgehead atoms. The van der Waals surface area contributed by atoms with E-state index < -0.39 is 0 Å². The number of para-hydroxylation sites is 3. The van der Waals surface area contributed by atoms with Gasteiger partial charge in [0.15, 0.2) is 0 Å². The molecule has 11 aromatic rings. The molecule has 0 saturated heterocycles. The molecule has 0 radical (unpaired) electrons. The first-order valence-electron chi connectivity index (χ1n) is 24.1. The molecule has 4 nitrogen and oxygen atoms in total. The zero-order valence-corrected chi connectivity index (χ0v) is 38.8. The van der Waals surface area contributed by atoms with Crippen LogP contribution in [0, 0.1) is 0 Å². The van der Waals surface area contributed by atoms with Gasteiger partial charge >= 0.3 is 0 Å². The first-order chi connectivity index (χ1) is 34.7. The van der Waals surface area contributed by atoms with E-state index in [9.17, 15) is 0 Å². The number of anilines is 12. The van der Waals surface area contributed by atoms with E-state index >= 15 is 0 Å². The monoisotopic (exact) mass is 898 g/mol. The minimum absolute atomic E-state index is 1.05. The van der Waals surface area contributed by atoms with E-state index in [1.54, 1.807) is 0 Å². The zero-order valence-electron chi connectivity index (χ0n) is 38.8. The number of nitrogens with zero attached hydrogens (tertiary/aromatic N) is 4. The van der Waals surface area contributed by atoms with Gasteiger partial charge in [0.05, 0.1) is 17.1 Å². The summed E-state index contributed by atoms with van der Waals surface area (Å²) in [7, 11) is 0. The smallest absolute Gasteiger partial charge is 0.0540 e. The molecule has 0 heterocycles. The summed E-state index contributed by atoms with van der Waals surface area (Å²) in [5, 5.41) is 4.81. The highest BCUT2D eigenvalue weighted by atomic mass is 15.2. The molecule has 0 saturated carbocycles. The lowest BCUT2D eigenvalue weighted by Crippen LogP contribution is -2.14. The lowest BCUT2D eigenvalue weighted by atomic mass is 9.95. The van der Waals surface area contributed by atoms with Crippen LogP contribution in [0.25, 0.3) is 27.6 Å². The SMILES string of the molecule is C1=Cc2c(cccc2N(c2ccccc2)c2ccc(N(c3ccc(N(c4ccccc4)c4cccc5ccccc45)cc3)c3ccc(N(c4ccccc4)c4cccc5ccccc45)cc3)cc2)CC1. The second-order valence-corrected chi connectivity index (χ2v) is 17.7. The Morgan fingerprint density at radius 3 is 0.986 bits per heavy atom. The number of allylic oxidation sites excluding steroid dienone is 1. The number of benzene rings is 11. The Labute approximate surface area is 410 Å². The quantitative estimate of drug-likeness (QED) is 0.121. The van der Waals surface area contributed by atoms with Crippen LogP contribution < -0.4 is 19.6 Å². The fraction of sp³-hybridized carbons (Fsp3) is 0.0303. The summed E-state index contributed by atoms with van der Waals surface area (Å²) in [5.74, 6) is 0. The van der Waals surface area contributed by atoms with Gasteiger partial charge in [0, 0.05) is 67.5 Å². The predicted molar refractivity (Wildman–Crippen MR) is 298 cm³/mol. The molecule has 0 atom stereocenters. The molecule has 11 aromatic carbocycles. The van der Waals surface area contributed by atoms with Gasteiger partial charge in [-0.1, -0.05) is 152 Å². The van der Waals surface area contributed by atoms with Crippen LogP contribution in [0.4, 0.5) is 68.2 Å².